The summed E-state index contributed by atoms with van der Waals surface area (Å²) in [5, 5.41) is 4.40. The molecular weight excluding hydrogens is 540 g/mol. The number of aromatic nitrogens is 2. The fourth-order valence-corrected chi connectivity index (χ4v) is 5.14. The molecule has 1 aromatic heterocycles. The molecule has 1 aromatic carbocycles. The quantitative estimate of drug-likeness (QED) is 0.187. The number of carbonyl (C=O) groups is 2. The normalized spacial score (nSPS) is 16.9. The summed E-state index contributed by atoms with van der Waals surface area (Å²) in [6.07, 6.45) is 8.81. The lowest BCUT2D eigenvalue weighted by molar-refractivity contribution is -0.155. The van der Waals surface area contributed by atoms with E-state index in [0.29, 0.717) is 24.8 Å². The minimum absolute atomic E-state index is 0.00592. The second-order valence-corrected chi connectivity index (χ2v) is 15.0. The van der Waals surface area contributed by atoms with E-state index in [4.69, 9.17) is 13.7 Å². The zero-order valence-electron chi connectivity index (χ0n) is 26.1. The predicted octanol–water partition coefficient (Wildman–Crippen LogP) is 4.89. The van der Waals surface area contributed by atoms with Gasteiger partial charge in [-0.05, 0) is 98.5 Å². The molecule has 0 radical (unpaired) electrons. The lowest BCUT2D eigenvalue weighted by atomic mass is 10.2. The Morgan fingerprint density at radius 2 is 1.80 bits per heavy atom. The van der Waals surface area contributed by atoms with Crippen LogP contribution in [0.4, 0.5) is 0 Å². The summed E-state index contributed by atoms with van der Waals surface area (Å²) in [5.74, 6) is 0.0419. The van der Waals surface area contributed by atoms with Gasteiger partial charge in [-0.3, -0.25) is 9.59 Å². The van der Waals surface area contributed by atoms with E-state index in [-0.39, 0.29) is 34.9 Å². The maximum Gasteiger partial charge on any atom is 0.326 e. The van der Waals surface area contributed by atoms with Crippen LogP contribution in [0.15, 0.2) is 36.7 Å². The van der Waals surface area contributed by atoms with Crippen LogP contribution in [0, 0.1) is 0 Å². The zero-order chi connectivity index (χ0) is 30.2. The summed E-state index contributed by atoms with van der Waals surface area (Å²) in [6.45, 7) is 17.4. The van der Waals surface area contributed by atoms with E-state index < -0.39 is 11.6 Å². The van der Waals surface area contributed by atoms with E-state index >= 15 is 0 Å². The third kappa shape index (κ3) is 10.7. The molecule has 1 unspecified atom stereocenters. The van der Waals surface area contributed by atoms with Crippen LogP contribution in [0.2, 0.25) is 0 Å². The highest BCUT2D eigenvalue weighted by molar-refractivity contribution is 7.93. The largest absolute Gasteiger partial charge is 0.494 e. The molecule has 2 atom stereocenters. The van der Waals surface area contributed by atoms with Crippen LogP contribution < -0.4 is 4.74 Å². The Kier molecular flexibility index (Phi) is 11.7. The molecule has 1 amide bonds. The van der Waals surface area contributed by atoms with Crippen molar-refractivity contribution in [3.8, 4) is 11.4 Å². The molecule has 1 saturated heterocycles. The molecule has 0 saturated carbocycles. The van der Waals surface area contributed by atoms with Crippen LogP contribution >= 0.6 is 0 Å². The third-order valence-corrected chi connectivity index (χ3v) is 9.24. The first-order valence-corrected chi connectivity index (χ1v) is 16.1. The summed E-state index contributed by atoms with van der Waals surface area (Å²) in [5.41, 5.74) is 0.554. The molecule has 41 heavy (non-hydrogen) atoms. The second-order valence-electron chi connectivity index (χ2n) is 12.6. The number of benzene rings is 1. The van der Waals surface area contributed by atoms with Crippen LogP contribution in [-0.2, 0) is 24.9 Å². The van der Waals surface area contributed by atoms with Crippen LogP contribution in [0.1, 0.15) is 78.1 Å². The number of rotatable bonds is 13. The topological polar surface area (TPSA) is 86.1 Å². The minimum Gasteiger partial charge on any atom is -0.494 e. The zero-order valence-corrected chi connectivity index (χ0v) is 27.0. The standard InChI is InChI=1S/C31H49N4O5S/c1-24-11-9-16-33(24)17-10-19-38-27-14-12-26(13-15-27)35-22-25(21-32-35)29(37)34(23-28(36)40-30(2,3)4)18-20-39-41(8)31(5,6)7/h12-15,21-22,24H,9-11,16-20,23H2,1-8H3/q+1/t24-,41?/m1/s1. The third-order valence-electron chi connectivity index (χ3n) is 6.99. The predicted molar refractivity (Wildman–Crippen MR) is 165 cm³/mol. The monoisotopic (exact) mass is 589 g/mol. The average Bonchev–Trinajstić information content (AvgIpc) is 3.53. The van der Waals surface area contributed by atoms with Crippen molar-refractivity contribution in [2.45, 2.75) is 84.1 Å². The number of carbonyl (C=O) groups excluding carboxylic acids is 2. The molecule has 0 aliphatic carbocycles. The van der Waals surface area contributed by atoms with Gasteiger partial charge in [-0.15, -0.1) is 0 Å². The molecule has 0 N–H and O–H groups in total. The Balaban J connectivity index is 1.59. The van der Waals surface area contributed by atoms with Crippen molar-refractivity contribution < 1.29 is 23.2 Å². The molecule has 2 aromatic rings. The van der Waals surface area contributed by atoms with E-state index in [1.54, 1.807) is 10.9 Å². The summed E-state index contributed by atoms with van der Waals surface area (Å²) in [4.78, 5) is 30.1. The molecule has 1 aliphatic rings. The van der Waals surface area contributed by atoms with Crippen LogP contribution in [0.5, 0.6) is 5.75 Å². The van der Waals surface area contributed by atoms with Gasteiger partial charge in [0.1, 0.15) is 41.9 Å². The second kappa shape index (κ2) is 14.6. The van der Waals surface area contributed by atoms with Gasteiger partial charge in [-0.25, -0.2) is 4.68 Å². The molecule has 0 bridgehead atoms. The molecule has 1 fully saturated rings. The highest BCUT2D eigenvalue weighted by atomic mass is 32.2. The van der Waals surface area contributed by atoms with Gasteiger partial charge in [0.05, 0.1) is 30.6 Å². The van der Waals surface area contributed by atoms with Crippen LogP contribution in [-0.4, -0.2) is 93.5 Å². The number of likely N-dealkylation sites (tertiary alicyclic amines) is 1. The molecule has 10 heteroatoms. The summed E-state index contributed by atoms with van der Waals surface area (Å²) < 4.78 is 19.1. The van der Waals surface area contributed by atoms with Crippen molar-refractivity contribution in [1.82, 2.24) is 19.6 Å². The summed E-state index contributed by atoms with van der Waals surface area (Å²) in [7, 11) is 0. The molecule has 9 nitrogen and oxygen atoms in total. The van der Waals surface area contributed by atoms with Gasteiger partial charge in [0.2, 0.25) is 0 Å². The van der Waals surface area contributed by atoms with Crippen molar-refractivity contribution in [3.05, 3.63) is 42.2 Å². The molecule has 228 valence electrons. The average molecular weight is 590 g/mol. The van der Waals surface area contributed by atoms with Gasteiger partial charge in [0.25, 0.3) is 5.91 Å². The van der Waals surface area contributed by atoms with Crippen molar-refractivity contribution >= 4 is 23.1 Å². The fourth-order valence-electron chi connectivity index (χ4n) is 4.47. The maximum absolute atomic E-state index is 13.5. The van der Waals surface area contributed by atoms with Gasteiger partial charge >= 0.3 is 5.97 Å². The van der Waals surface area contributed by atoms with Crippen molar-refractivity contribution in [2.24, 2.45) is 0 Å². The SMILES string of the molecule is C[C@@H]1CCCN1CCCOc1ccc(-n2cc(C(=O)N(CCO[S+](C)C(C)(C)C)CC(=O)OC(C)(C)C)cn2)cc1. The summed E-state index contributed by atoms with van der Waals surface area (Å²) >= 11 is -0.301. The number of amides is 1. The summed E-state index contributed by atoms with van der Waals surface area (Å²) in [6, 6.07) is 8.34. The maximum atomic E-state index is 13.5. The lowest BCUT2D eigenvalue weighted by Crippen LogP contribution is -2.41. The molecule has 2 heterocycles. The number of nitrogens with zero attached hydrogens (tertiary/aromatic N) is 4. The van der Waals surface area contributed by atoms with Gasteiger partial charge in [0, 0.05) is 18.8 Å². The molecular formula is C31H49N4O5S+. The number of esters is 1. The minimum atomic E-state index is -0.641. The number of hydrogen-bond acceptors (Lipinski definition) is 7. The first-order chi connectivity index (χ1) is 19.2. The Labute approximate surface area is 249 Å². The first kappa shape index (κ1) is 32.9. The van der Waals surface area contributed by atoms with Crippen LogP contribution in [0.25, 0.3) is 5.69 Å². The Bertz CT molecular complexity index is 1120. The van der Waals surface area contributed by atoms with E-state index in [2.05, 4.69) is 37.7 Å². The van der Waals surface area contributed by atoms with Crippen LogP contribution in [0.3, 0.4) is 0 Å². The number of ether oxygens (including phenoxy) is 2. The molecule has 1 aliphatic heterocycles. The van der Waals surface area contributed by atoms with Gasteiger partial charge in [0.15, 0.2) is 4.75 Å². The van der Waals surface area contributed by atoms with Gasteiger partial charge in [-0.2, -0.15) is 9.28 Å². The van der Waals surface area contributed by atoms with Crippen molar-refractivity contribution in [3.63, 3.8) is 0 Å². The Morgan fingerprint density at radius 1 is 1.10 bits per heavy atom. The number of hydrogen-bond donors (Lipinski definition) is 0. The van der Waals surface area contributed by atoms with Crippen molar-refractivity contribution in [2.75, 3.05) is 45.6 Å². The highest BCUT2D eigenvalue weighted by Gasteiger charge is 2.33. The van der Waals surface area contributed by atoms with E-state index in [1.807, 2.05) is 51.3 Å². The lowest BCUT2D eigenvalue weighted by Gasteiger charge is -2.25. The van der Waals surface area contributed by atoms with Gasteiger partial charge in [-0.1, -0.05) is 0 Å². The highest BCUT2D eigenvalue weighted by Crippen LogP contribution is 2.20. The first-order valence-electron chi connectivity index (χ1n) is 14.6. The van der Waals surface area contributed by atoms with Crippen molar-refractivity contribution in [1.29, 1.82) is 0 Å². The molecule has 3 rings (SSSR count). The van der Waals surface area contributed by atoms with E-state index in [1.165, 1.54) is 30.5 Å². The molecule has 0 spiro atoms. The Hall–Kier alpha value is -2.56. The van der Waals surface area contributed by atoms with E-state index in [0.717, 1.165) is 24.4 Å². The fraction of sp³-hybridized carbons (Fsp3) is 0.645. The smallest absolute Gasteiger partial charge is 0.326 e. The Morgan fingerprint density at radius 3 is 2.41 bits per heavy atom. The van der Waals surface area contributed by atoms with E-state index in [9.17, 15) is 9.59 Å². The van der Waals surface area contributed by atoms with Gasteiger partial charge < -0.3 is 19.3 Å².